The average Bonchev–Trinajstić information content (AvgIpc) is 2.61. The van der Waals surface area contributed by atoms with Gasteiger partial charge in [-0.05, 0) is 55.3 Å². The number of hydrogen-bond acceptors (Lipinski definition) is 4. The van der Waals surface area contributed by atoms with Gasteiger partial charge in [-0.25, -0.2) is 25.6 Å². The maximum atomic E-state index is 13.9. The van der Waals surface area contributed by atoms with Gasteiger partial charge in [-0.1, -0.05) is 13.8 Å². The van der Waals surface area contributed by atoms with Gasteiger partial charge in [0.2, 0.25) is 10.0 Å². The zero-order valence-corrected chi connectivity index (χ0v) is 17.6. The summed E-state index contributed by atoms with van der Waals surface area (Å²) in [6.07, 6.45) is 0. The van der Waals surface area contributed by atoms with E-state index in [4.69, 9.17) is 0 Å². The average molecular weight is 433 g/mol. The molecule has 0 fully saturated rings. The van der Waals surface area contributed by atoms with Crippen LogP contribution in [0.2, 0.25) is 0 Å². The molecule has 0 bridgehead atoms. The summed E-state index contributed by atoms with van der Waals surface area (Å²) in [7, 11) is -8.31. The van der Waals surface area contributed by atoms with Crippen molar-refractivity contribution < 1.29 is 25.6 Å². The highest BCUT2D eigenvalue weighted by atomic mass is 32.2. The van der Waals surface area contributed by atoms with Crippen LogP contribution in [0.25, 0.3) is 0 Å². The van der Waals surface area contributed by atoms with Gasteiger partial charge in [-0.15, -0.1) is 0 Å². The van der Waals surface area contributed by atoms with E-state index in [0.717, 1.165) is 6.07 Å². The molecule has 0 aliphatic carbocycles. The molecule has 0 heterocycles. The Morgan fingerprint density at radius 2 is 1.57 bits per heavy atom. The minimum atomic E-state index is -4.47. The van der Waals surface area contributed by atoms with Gasteiger partial charge in [0.15, 0.2) is 0 Å². The Kier molecular flexibility index (Phi) is 6.47. The van der Waals surface area contributed by atoms with Crippen molar-refractivity contribution in [2.45, 2.75) is 37.5 Å². The van der Waals surface area contributed by atoms with Gasteiger partial charge in [0.1, 0.15) is 16.5 Å². The predicted molar refractivity (Wildman–Crippen MR) is 103 cm³/mol. The summed E-state index contributed by atoms with van der Waals surface area (Å²) in [6.45, 7) is 7.12. The molecule has 154 valence electrons. The fourth-order valence-electron chi connectivity index (χ4n) is 2.68. The van der Waals surface area contributed by atoms with Gasteiger partial charge in [-0.2, -0.15) is 4.31 Å². The van der Waals surface area contributed by atoms with E-state index in [1.807, 2.05) is 0 Å². The molecule has 0 aromatic heterocycles. The first-order chi connectivity index (χ1) is 12.9. The van der Waals surface area contributed by atoms with Crippen molar-refractivity contribution >= 4 is 25.7 Å². The van der Waals surface area contributed by atoms with Crippen molar-refractivity contribution in [3.8, 4) is 0 Å². The van der Waals surface area contributed by atoms with Gasteiger partial charge >= 0.3 is 0 Å². The molecular formula is C18H22F2N2O4S2. The van der Waals surface area contributed by atoms with Crippen molar-refractivity contribution in [1.82, 2.24) is 4.31 Å². The lowest BCUT2D eigenvalue weighted by molar-refractivity contribution is 0.445. The Morgan fingerprint density at radius 1 is 0.964 bits per heavy atom. The molecule has 10 heteroatoms. The molecule has 0 saturated carbocycles. The SMILES string of the molecule is CCN(CC)S(=O)(=O)c1cc(C)c(C)c(NS(=O)(=O)c2cc(F)ccc2F)c1. The Balaban J connectivity index is 2.58. The Morgan fingerprint density at radius 3 is 2.14 bits per heavy atom. The van der Waals surface area contributed by atoms with E-state index in [2.05, 4.69) is 4.72 Å². The van der Waals surface area contributed by atoms with Crippen LogP contribution in [-0.4, -0.2) is 34.2 Å². The monoisotopic (exact) mass is 432 g/mol. The van der Waals surface area contributed by atoms with Crippen LogP contribution in [0.5, 0.6) is 0 Å². The fraction of sp³-hybridized carbons (Fsp3) is 0.333. The summed E-state index contributed by atoms with van der Waals surface area (Å²) in [5.74, 6) is -2.03. The second kappa shape index (κ2) is 8.14. The summed E-state index contributed by atoms with van der Waals surface area (Å²) in [4.78, 5) is -0.946. The van der Waals surface area contributed by atoms with E-state index >= 15 is 0 Å². The van der Waals surface area contributed by atoms with Gasteiger partial charge in [0, 0.05) is 13.1 Å². The van der Waals surface area contributed by atoms with E-state index < -0.39 is 36.6 Å². The second-order valence-electron chi connectivity index (χ2n) is 6.18. The normalized spacial score (nSPS) is 12.4. The number of aryl methyl sites for hydroxylation is 1. The molecule has 6 nitrogen and oxygen atoms in total. The second-order valence-corrected chi connectivity index (χ2v) is 9.77. The molecular weight excluding hydrogens is 410 g/mol. The molecule has 0 saturated heterocycles. The fourth-order valence-corrected chi connectivity index (χ4v) is 5.45. The van der Waals surface area contributed by atoms with Crippen LogP contribution < -0.4 is 4.72 Å². The first-order valence-electron chi connectivity index (χ1n) is 8.53. The number of hydrogen-bond donors (Lipinski definition) is 1. The first-order valence-corrected chi connectivity index (χ1v) is 11.5. The molecule has 1 N–H and O–H groups in total. The maximum Gasteiger partial charge on any atom is 0.264 e. The number of nitrogens with one attached hydrogen (secondary N) is 1. The highest BCUT2D eigenvalue weighted by Crippen LogP contribution is 2.28. The van der Waals surface area contributed by atoms with Crippen molar-refractivity contribution in [2.75, 3.05) is 17.8 Å². The number of sulfonamides is 2. The van der Waals surface area contributed by atoms with E-state index in [1.165, 1.54) is 16.4 Å². The Bertz CT molecular complexity index is 1100. The molecule has 0 amide bonds. The Labute approximate surface area is 164 Å². The zero-order chi connectivity index (χ0) is 21.3. The van der Waals surface area contributed by atoms with Crippen LogP contribution in [0.15, 0.2) is 40.1 Å². The third kappa shape index (κ3) is 4.34. The number of nitrogens with zero attached hydrogens (tertiary/aromatic N) is 1. The molecule has 0 atom stereocenters. The topological polar surface area (TPSA) is 83.6 Å². The molecule has 0 aliphatic rings. The molecule has 0 unspecified atom stereocenters. The smallest absolute Gasteiger partial charge is 0.264 e. The van der Waals surface area contributed by atoms with Crippen LogP contribution >= 0.6 is 0 Å². The lowest BCUT2D eigenvalue weighted by atomic mass is 10.1. The van der Waals surface area contributed by atoms with Gasteiger partial charge in [-0.3, -0.25) is 4.72 Å². The third-order valence-electron chi connectivity index (χ3n) is 4.41. The number of halogens is 2. The van der Waals surface area contributed by atoms with Crippen LogP contribution in [0.4, 0.5) is 14.5 Å². The summed E-state index contributed by atoms with van der Waals surface area (Å²) < 4.78 is 81.5. The van der Waals surface area contributed by atoms with Crippen LogP contribution in [0.1, 0.15) is 25.0 Å². The van der Waals surface area contributed by atoms with E-state index in [-0.39, 0.29) is 23.7 Å². The molecule has 0 radical (unpaired) electrons. The third-order valence-corrected chi connectivity index (χ3v) is 7.82. The van der Waals surface area contributed by atoms with Crippen molar-refractivity contribution in [3.63, 3.8) is 0 Å². The van der Waals surface area contributed by atoms with Gasteiger partial charge < -0.3 is 0 Å². The van der Waals surface area contributed by atoms with E-state index in [1.54, 1.807) is 27.7 Å². The largest absolute Gasteiger partial charge is 0.279 e. The lowest BCUT2D eigenvalue weighted by Gasteiger charge is -2.20. The van der Waals surface area contributed by atoms with Crippen LogP contribution in [-0.2, 0) is 20.0 Å². The van der Waals surface area contributed by atoms with Gasteiger partial charge in [0.25, 0.3) is 10.0 Å². The highest BCUT2D eigenvalue weighted by Gasteiger charge is 2.26. The van der Waals surface area contributed by atoms with Crippen molar-refractivity contribution in [1.29, 1.82) is 0 Å². The number of anilines is 1. The summed E-state index contributed by atoms with van der Waals surface area (Å²) in [5, 5.41) is 0. The highest BCUT2D eigenvalue weighted by molar-refractivity contribution is 7.92. The molecule has 0 spiro atoms. The molecule has 2 aromatic rings. The predicted octanol–water partition coefficient (Wildman–Crippen LogP) is 3.41. The molecule has 28 heavy (non-hydrogen) atoms. The summed E-state index contributed by atoms with van der Waals surface area (Å²) in [6, 6.07) is 4.72. The summed E-state index contributed by atoms with van der Waals surface area (Å²) >= 11 is 0. The quantitative estimate of drug-likeness (QED) is 0.727. The lowest BCUT2D eigenvalue weighted by Crippen LogP contribution is -2.30. The van der Waals surface area contributed by atoms with Crippen molar-refractivity contribution in [3.05, 3.63) is 53.1 Å². The minimum Gasteiger partial charge on any atom is -0.279 e. The van der Waals surface area contributed by atoms with Crippen LogP contribution in [0, 0.1) is 25.5 Å². The van der Waals surface area contributed by atoms with E-state index in [9.17, 15) is 25.6 Å². The van der Waals surface area contributed by atoms with Gasteiger partial charge in [0.05, 0.1) is 10.6 Å². The summed E-state index contributed by atoms with van der Waals surface area (Å²) in [5.41, 5.74) is 0.985. The Hall–Kier alpha value is -2.04. The molecule has 0 aliphatic heterocycles. The van der Waals surface area contributed by atoms with Crippen molar-refractivity contribution in [2.24, 2.45) is 0 Å². The minimum absolute atomic E-state index is 0.0191. The standard InChI is InChI=1S/C18H22F2N2O4S2/c1-5-22(6-2)28(25,26)15-9-12(3)13(4)17(11-15)21-27(23,24)18-10-14(19)7-8-16(18)20/h7-11,21H,5-6H2,1-4H3. The number of benzene rings is 2. The molecule has 2 rings (SSSR count). The first kappa shape index (κ1) is 22.3. The number of rotatable bonds is 7. The maximum absolute atomic E-state index is 13.9. The molecule has 2 aromatic carbocycles. The van der Waals surface area contributed by atoms with E-state index in [0.29, 0.717) is 23.3 Å². The van der Waals surface area contributed by atoms with Crippen LogP contribution in [0.3, 0.4) is 0 Å². The zero-order valence-electron chi connectivity index (χ0n) is 16.0.